The van der Waals surface area contributed by atoms with E-state index in [4.69, 9.17) is 16.6 Å². The monoisotopic (exact) mass is 483 g/mol. The van der Waals surface area contributed by atoms with Crippen LogP contribution in [0.5, 0.6) is 0 Å². The molecule has 0 aliphatic carbocycles. The Labute approximate surface area is 196 Å². The van der Waals surface area contributed by atoms with Gasteiger partial charge in [0.15, 0.2) is 0 Å². The third-order valence-electron chi connectivity index (χ3n) is 4.87. The van der Waals surface area contributed by atoms with E-state index in [1.165, 1.54) is 19.4 Å². The number of carbonyl (C=O) groups is 5. The predicted octanol–water partition coefficient (Wildman–Crippen LogP) is -2.17. The largest absolute Gasteiger partial charge is 0.481 e. The average Bonchev–Trinajstić information content (AvgIpc) is 3.28. The zero-order valence-electron chi connectivity index (χ0n) is 19.0. The molecule has 0 spiro atoms. The Balaban J connectivity index is 2.97. The molecule has 0 bridgehead atoms. The first kappa shape index (κ1) is 28.5. The Morgan fingerprint density at radius 2 is 1.56 bits per heavy atom. The molecule has 1 aromatic heterocycles. The summed E-state index contributed by atoms with van der Waals surface area (Å²) in [5.74, 6) is -4.65. The number of rotatable bonds is 16. The molecule has 0 saturated carbocycles. The molecular weight excluding hydrogens is 450 g/mol. The number of aromatic amines is 1. The van der Waals surface area contributed by atoms with Gasteiger partial charge >= 0.3 is 11.9 Å². The number of aliphatic carboxylic acids is 2. The van der Waals surface area contributed by atoms with Crippen molar-refractivity contribution in [2.45, 2.75) is 69.6 Å². The van der Waals surface area contributed by atoms with E-state index in [1.54, 1.807) is 0 Å². The van der Waals surface area contributed by atoms with Crippen molar-refractivity contribution in [3.8, 4) is 0 Å². The summed E-state index contributed by atoms with van der Waals surface area (Å²) < 4.78 is 0. The van der Waals surface area contributed by atoms with Crippen LogP contribution in [-0.2, 0) is 30.4 Å². The fourth-order valence-corrected chi connectivity index (χ4v) is 2.96. The van der Waals surface area contributed by atoms with E-state index in [1.807, 2.05) is 0 Å². The number of carboxylic acid groups (broad SMARTS) is 2. The summed E-state index contributed by atoms with van der Waals surface area (Å²) in [6, 6.07) is -4.62. The first-order valence-corrected chi connectivity index (χ1v) is 10.8. The Hall–Kier alpha value is -3.52. The second-order valence-corrected chi connectivity index (χ2v) is 7.81. The number of hydrogen-bond acceptors (Lipinski definition) is 8. The van der Waals surface area contributed by atoms with Crippen LogP contribution in [0.15, 0.2) is 12.5 Å². The molecule has 1 heterocycles. The minimum absolute atomic E-state index is 0.0593. The van der Waals surface area contributed by atoms with Crippen molar-refractivity contribution in [2.24, 2.45) is 11.5 Å². The molecule has 1 rings (SSSR count). The number of nitrogens with one attached hydrogen (secondary N) is 4. The van der Waals surface area contributed by atoms with Gasteiger partial charge in [-0.15, -0.1) is 0 Å². The molecule has 10 N–H and O–H groups in total. The lowest BCUT2D eigenvalue weighted by Gasteiger charge is -2.24. The summed E-state index contributed by atoms with van der Waals surface area (Å²) >= 11 is 0. The van der Waals surface area contributed by atoms with Crippen LogP contribution in [0.25, 0.3) is 0 Å². The average molecular weight is 484 g/mol. The van der Waals surface area contributed by atoms with E-state index in [9.17, 15) is 29.1 Å². The van der Waals surface area contributed by atoms with Crippen LogP contribution in [0.1, 0.15) is 44.7 Å². The summed E-state index contributed by atoms with van der Waals surface area (Å²) in [6.45, 7) is 1.75. The second kappa shape index (κ2) is 14.6. The normalized spacial score (nSPS) is 14.3. The molecule has 0 radical (unpaired) electrons. The standard InChI is InChI=1S/C20H33N7O7/c1-11(22)17(30)25-14(5-6-16(28)29)19(32)26-13(4-2-3-7-21)18(31)27-15(20(33)34)8-12-9-23-10-24-12/h9-11,13-15H,2-8,21-22H2,1H3,(H,23,24)(H,25,30)(H,26,32)(H,27,31)(H,28,29)(H,33,34). The van der Waals surface area contributed by atoms with E-state index < -0.39 is 60.2 Å². The highest BCUT2D eigenvalue weighted by Gasteiger charge is 2.30. The van der Waals surface area contributed by atoms with E-state index in [0.717, 1.165) is 0 Å². The second-order valence-electron chi connectivity index (χ2n) is 7.81. The maximum Gasteiger partial charge on any atom is 0.326 e. The number of hydrogen-bond donors (Lipinski definition) is 8. The van der Waals surface area contributed by atoms with Crippen LogP contribution in [-0.4, -0.2) is 80.6 Å². The summed E-state index contributed by atoms with van der Waals surface area (Å²) in [7, 11) is 0. The highest BCUT2D eigenvalue weighted by molar-refractivity contribution is 5.94. The maximum absolute atomic E-state index is 12.9. The zero-order valence-corrected chi connectivity index (χ0v) is 19.0. The molecule has 0 aliphatic heterocycles. The van der Waals surface area contributed by atoms with E-state index >= 15 is 0 Å². The lowest BCUT2D eigenvalue weighted by molar-refractivity contribution is -0.142. The quantitative estimate of drug-likeness (QED) is 0.118. The molecule has 14 nitrogen and oxygen atoms in total. The summed E-state index contributed by atoms with van der Waals surface area (Å²) in [6.07, 6.45) is 3.27. The van der Waals surface area contributed by atoms with Gasteiger partial charge in [0.25, 0.3) is 0 Å². The van der Waals surface area contributed by atoms with Gasteiger partial charge in [0.2, 0.25) is 17.7 Å². The number of imidazole rings is 1. The fraction of sp³-hybridized carbons (Fsp3) is 0.600. The number of amides is 3. The Morgan fingerprint density at radius 1 is 0.971 bits per heavy atom. The number of carboxylic acids is 2. The number of unbranched alkanes of at least 4 members (excludes halogenated alkanes) is 1. The Bertz CT molecular complexity index is 829. The molecule has 190 valence electrons. The van der Waals surface area contributed by atoms with E-state index in [2.05, 4.69) is 25.9 Å². The summed E-state index contributed by atoms with van der Waals surface area (Å²) in [4.78, 5) is 66.9. The van der Waals surface area contributed by atoms with Gasteiger partial charge in [0.05, 0.1) is 12.4 Å². The molecule has 0 aromatic carbocycles. The number of carbonyl (C=O) groups excluding carboxylic acids is 3. The molecule has 0 saturated heterocycles. The van der Waals surface area contributed by atoms with Crippen LogP contribution >= 0.6 is 0 Å². The minimum atomic E-state index is -1.29. The molecular formula is C20H33N7O7. The van der Waals surface area contributed by atoms with Gasteiger partial charge in [-0.3, -0.25) is 19.2 Å². The lowest BCUT2D eigenvalue weighted by Crippen LogP contribution is -2.57. The Kier molecular flexibility index (Phi) is 12.2. The van der Waals surface area contributed by atoms with Crippen LogP contribution in [0.3, 0.4) is 0 Å². The lowest BCUT2D eigenvalue weighted by atomic mass is 10.0. The first-order valence-electron chi connectivity index (χ1n) is 10.8. The van der Waals surface area contributed by atoms with E-state index in [-0.39, 0.29) is 19.3 Å². The maximum atomic E-state index is 12.9. The van der Waals surface area contributed by atoms with Crippen molar-refractivity contribution in [3.63, 3.8) is 0 Å². The molecule has 0 fully saturated rings. The third kappa shape index (κ3) is 10.4. The van der Waals surface area contributed by atoms with Crippen molar-refractivity contribution in [2.75, 3.05) is 6.54 Å². The van der Waals surface area contributed by atoms with Crippen molar-refractivity contribution < 1.29 is 34.2 Å². The van der Waals surface area contributed by atoms with Crippen molar-refractivity contribution in [1.82, 2.24) is 25.9 Å². The zero-order chi connectivity index (χ0) is 25.7. The number of H-pyrrole nitrogens is 1. The molecule has 1 aromatic rings. The molecule has 4 atom stereocenters. The van der Waals surface area contributed by atoms with Gasteiger partial charge in [0.1, 0.15) is 18.1 Å². The molecule has 4 unspecified atom stereocenters. The van der Waals surface area contributed by atoms with Crippen LogP contribution < -0.4 is 27.4 Å². The van der Waals surface area contributed by atoms with Gasteiger partial charge in [-0.2, -0.15) is 0 Å². The predicted molar refractivity (Wildman–Crippen MR) is 119 cm³/mol. The highest BCUT2D eigenvalue weighted by Crippen LogP contribution is 2.06. The summed E-state index contributed by atoms with van der Waals surface area (Å²) in [5, 5.41) is 25.7. The van der Waals surface area contributed by atoms with Crippen LogP contribution in [0.4, 0.5) is 0 Å². The Morgan fingerprint density at radius 3 is 2.06 bits per heavy atom. The van der Waals surface area contributed by atoms with Gasteiger partial charge in [0, 0.05) is 24.7 Å². The fourth-order valence-electron chi connectivity index (χ4n) is 2.96. The minimum Gasteiger partial charge on any atom is -0.481 e. The topological polar surface area (TPSA) is 243 Å². The van der Waals surface area contributed by atoms with Crippen molar-refractivity contribution in [3.05, 3.63) is 18.2 Å². The SMILES string of the molecule is CC(N)C(=O)NC(CCC(=O)O)C(=O)NC(CCCCN)C(=O)NC(Cc1cnc[nH]1)C(=O)O. The molecule has 3 amide bonds. The third-order valence-corrected chi connectivity index (χ3v) is 4.87. The van der Waals surface area contributed by atoms with E-state index in [0.29, 0.717) is 25.1 Å². The molecule has 14 heteroatoms. The van der Waals surface area contributed by atoms with Gasteiger partial charge in [-0.1, -0.05) is 0 Å². The molecule has 34 heavy (non-hydrogen) atoms. The number of nitrogens with two attached hydrogens (primary N) is 2. The first-order chi connectivity index (χ1) is 16.0. The summed E-state index contributed by atoms with van der Waals surface area (Å²) in [5.41, 5.74) is 11.5. The molecule has 0 aliphatic rings. The smallest absolute Gasteiger partial charge is 0.326 e. The van der Waals surface area contributed by atoms with Gasteiger partial charge in [-0.25, -0.2) is 9.78 Å². The van der Waals surface area contributed by atoms with Crippen LogP contribution in [0.2, 0.25) is 0 Å². The number of nitrogens with zero attached hydrogens (tertiary/aromatic N) is 1. The van der Waals surface area contributed by atoms with Crippen molar-refractivity contribution in [1.29, 1.82) is 0 Å². The number of aromatic nitrogens is 2. The van der Waals surface area contributed by atoms with Gasteiger partial charge < -0.3 is 42.6 Å². The van der Waals surface area contributed by atoms with Gasteiger partial charge in [-0.05, 0) is 39.2 Å². The highest BCUT2D eigenvalue weighted by atomic mass is 16.4. The van der Waals surface area contributed by atoms with Crippen LogP contribution in [0, 0.1) is 0 Å². The van der Waals surface area contributed by atoms with Crippen molar-refractivity contribution >= 4 is 29.7 Å².